The molecule has 3 heteroatoms. The van der Waals surface area contributed by atoms with Crippen LogP contribution in [0.2, 0.25) is 0 Å². The third-order valence-electron chi connectivity index (χ3n) is 2.19. The zero-order valence-corrected chi connectivity index (χ0v) is 10.9. The van der Waals surface area contributed by atoms with Crippen molar-refractivity contribution in [3.63, 3.8) is 0 Å². The monoisotopic (exact) mass is 208 g/mol. The van der Waals surface area contributed by atoms with Crippen LogP contribution in [0.4, 0.5) is 0 Å². The lowest BCUT2D eigenvalue weighted by atomic mass is 10.2. The highest BCUT2D eigenvalue weighted by atomic mass is 28.1. The number of benzene rings is 1. The van der Waals surface area contributed by atoms with Crippen LogP contribution in [0.1, 0.15) is 5.56 Å². The maximum Gasteiger partial charge on any atom is 0.159 e. The molecular formula is C11H16O2Si. The van der Waals surface area contributed by atoms with Gasteiger partial charge in [-0.3, -0.25) is 0 Å². The van der Waals surface area contributed by atoms with E-state index in [4.69, 9.17) is 9.47 Å². The summed E-state index contributed by atoms with van der Waals surface area (Å²) in [5, 5.41) is 0. The molecule has 0 N–H and O–H groups in total. The Hall–Kier alpha value is -0.903. The summed E-state index contributed by atoms with van der Waals surface area (Å²) in [6, 6.07) is 10.1. The predicted molar refractivity (Wildman–Crippen MR) is 62.2 cm³/mol. The number of methoxy groups -OCH3 is 2. The van der Waals surface area contributed by atoms with Crippen LogP contribution in [0.3, 0.4) is 0 Å². The number of hydrogen-bond acceptors (Lipinski definition) is 2. The summed E-state index contributed by atoms with van der Waals surface area (Å²) in [6.45, 7) is 0. The molecule has 0 aromatic heterocycles. The van der Waals surface area contributed by atoms with Gasteiger partial charge < -0.3 is 9.47 Å². The van der Waals surface area contributed by atoms with Crippen molar-refractivity contribution in [3.05, 3.63) is 42.0 Å². The van der Waals surface area contributed by atoms with Crippen molar-refractivity contribution >= 4 is 16.3 Å². The van der Waals surface area contributed by atoms with Crippen molar-refractivity contribution in [2.75, 3.05) is 14.2 Å². The van der Waals surface area contributed by atoms with Gasteiger partial charge in [0.1, 0.15) is 0 Å². The average molecular weight is 208 g/mol. The molecule has 0 aliphatic rings. The molecule has 0 unspecified atom stereocenters. The van der Waals surface area contributed by atoms with Gasteiger partial charge in [0.05, 0.1) is 10.2 Å². The minimum Gasteiger partial charge on any atom is -0.354 e. The molecule has 1 aromatic carbocycles. The Bertz CT molecular complexity index is 291. The molecule has 0 amide bonds. The van der Waals surface area contributed by atoms with Gasteiger partial charge in [-0.1, -0.05) is 36.4 Å². The first kappa shape index (κ1) is 11.2. The third-order valence-corrected chi connectivity index (χ3v) is 3.34. The maximum absolute atomic E-state index is 5.26. The highest BCUT2D eigenvalue weighted by Crippen LogP contribution is 2.10. The van der Waals surface area contributed by atoms with Gasteiger partial charge in [-0.2, -0.15) is 0 Å². The van der Waals surface area contributed by atoms with E-state index < -0.39 is 5.41 Å². The van der Waals surface area contributed by atoms with Crippen LogP contribution < -0.4 is 0 Å². The largest absolute Gasteiger partial charge is 0.354 e. The van der Waals surface area contributed by atoms with E-state index in [-0.39, 0.29) is 0 Å². The molecule has 14 heavy (non-hydrogen) atoms. The Balaban J connectivity index is 2.72. The van der Waals surface area contributed by atoms with Crippen LogP contribution in [0, 0.1) is 0 Å². The zero-order valence-electron chi connectivity index (χ0n) is 8.86. The van der Waals surface area contributed by atoms with Crippen LogP contribution in [0.5, 0.6) is 0 Å². The quantitative estimate of drug-likeness (QED) is 0.543. The minimum atomic E-state index is -0.504. The fourth-order valence-electron chi connectivity index (χ4n) is 1.03. The lowest BCUT2D eigenvalue weighted by molar-refractivity contribution is -0.104. The zero-order chi connectivity index (χ0) is 10.4. The second-order valence-electron chi connectivity index (χ2n) is 3.17. The molecule has 1 aromatic rings. The van der Waals surface area contributed by atoms with Gasteiger partial charge >= 0.3 is 0 Å². The van der Waals surface area contributed by atoms with Crippen LogP contribution in [-0.2, 0) is 9.47 Å². The summed E-state index contributed by atoms with van der Waals surface area (Å²) in [4.78, 5) is 0. The highest BCUT2D eigenvalue weighted by Gasteiger charge is 2.16. The van der Waals surface area contributed by atoms with Crippen LogP contribution in [-0.4, -0.2) is 29.9 Å². The van der Waals surface area contributed by atoms with Crippen molar-refractivity contribution in [1.82, 2.24) is 0 Å². The molecule has 0 saturated heterocycles. The summed E-state index contributed by atoms with van der Waals surface area (Å²) in [5.41, 5.74) is 0.650. The minimum absolute atomic E-state index is 0.504. The molecule has 76 valence electrons. The van der Waals surface area contributed by atoms with Gasteiger partial charge in [-0.25, -0.2) is 0 Å². The Kier molecular flexibility index (Phi) is 4.07. The molecule has 0 bridgehead atoms. The smallest absolute Gasteiger partial charge is 0.159 e. The Labute approximate surface area is 88.0 Å². The molecule has 0 heterocycles. The van der Waals surface area contributed by atoms with E-state index >= 15 is 0 Å². The van der Waals surface area contributed by atoms with E-state index in [9.17, 15) is 0 Å². The first-order valence-electron chi connectivity index (χ1n) is 4.55. The second kappa shape index (κ2) is 5.10. The number of rotatable bonds is 4. The molecule has 1 rings (SSSR count). The van der Waals surface area contributed by atoms with Crippen molar-refractivity contribution in [2.24, 2.45) is 0 Å². The molecule has 0 aliphatic heterocycles. The SMILES string of the molecule is COC([SiH3])(C=Cc1ccccc1)OC. The summed E-state index contributed by atoms with van der Waals surface area (Å²) in [6.07, 6.45) is 3.97. The molecular weight excluding hydrogens is 192 g/mol. The van der Waals surface area contributed by atoms with Gasteiger partial charge in [0.25, 0.3) is 0 Å². The van der Waals surface area contributed by atoms with Crippen molar-refractivity contribution < 1.29 is 9.47 Å². The van der Waals surface area contributed by atoms with Crippen molar-refractivity contribution in [1.29, 1.82) is 0 Å². The molecule has 0 atom stereocenters. The Morgan fingerprint density at radius 2 is 1.71 bits per heavy atom. The Morgan fingerprint density at radius 1 is 1.14 bits per heavy atom. The fraction of sp³-hybridized carbons (Fsp3) is 0.273. The van der Waals surface area contributed by atoms with Gasteiger partial charge in [-0.05, 0) is 11.6 Å². The molecule has 0 spiro atoms. The van der Waals surface area contributed by atoms with E-state index in [1.807, 2.05) is 42.5 Å². The first-order valence-corrected chi connectivity index (χ1v) is 5.55. The molecule has 0 radical (unpaired) electrons. The first-order chi connectivity index (χ1) is 6.70. The summed E-state index contributed by atoms with van der Waals surface area (Å²) in [5.74, 6) is 0. The predicted octanol–water partition coefficient (Wildman–Crippen LogP) is 1.01. The number of ether oxygens (including phenoxy) is 2. The molecule has 0 saturated carbocycles. The van der Waals surface area contributed by atoms with Gasteiger partial charge in [0.2, 0.25) is 0 Å². The summed E-state index contributed by atoms with van der Waals surface area (Å²) < 4.78 is 10.5. The van der Waals surface area contributed by atoms with E-state index in [2.05, 4.69) is 0 Å². The van der Waals surface area contributed by atoms with Crippen LogP contribution in [0.15, 0.2) is 36.4 Å². The lowest BCUT2D eigenvalue weighted by Gasteiger charge is -2.22. The van der Waals surface area contributed by atoms with E-state index in [0.717, 1.165) is 15.8 Å². The van der Waals surface area contributed by atoms with E-state index in [1.54, 1.807) is 14.2 Å². The topological polar surface area (TPSA) is 18.5 Å². The van der Waals surface area contributed by atoms with E-state index in [1.165, 1.54) is 0 Å². The van der Waals surface area contributed by atoms with Crippen molar-refractivity contribution in [3.8, 4) is 0 Å². The van der Waals surface area contributed by atoms with Crippen LogP contribution in [0.25, 0.3) is 6.08 Å². The third kappa shape index (κ3) is 3.10. The fourth-order valence-corrected chi connectivity index (χ4v) is 1.20. The normalized spacial score (nSPS) is 12.4. The summed E-state index contributed by atoms with van der Waals surface area (Å²) in [7, 11) is 4.12. The maximum atomic E-state index is 5.26. The van der Waals surface area contributed by atoms with E-state index in [0.29, 0.717) is 0 Å². The number of hydrogen-bond donors (Lipinski definition) is 0. The van der Waals surface area contributed by atoms with Gasteiger partial charge in [0, 0.05) is 14.2 Å². The standard InChI is InChI=1S/C11H16O2Si/c1-12-11(14,13-2)9-8-10-6-4-3-5-7-10/h3-9H,1-2,14H3. The average Bonchev–Trinajstić information content (AvgIpc) is 2.27. The lowest BCUT2D eigenvalue weighted by Crippen LogP contribution is -2.31. The second-order valence-corrected chi connectivity index (χ2v) is 4.56. The summed E-state index contributed by atoms with van der Waals surface area (Å²) >= 11 is 0. The molecule has 2 nitrogen and oxygen atoms in total. The highest BCUT2D eigenvalue weighted by molar-refractivity contribution is 6.15. The van der Waals surface area contributed by atoms with Gasteiger partial charge in [0.15, 0.2) is 5.41 Å². The molecule has 0 aliphatic carbocycles. The molecule has 0 fully saturated rings. The van der Waals surface area contributed by atoms with Gasteiger partial charge in [-0.15, -0.1) is 0 Å². The van der Waals surface area contributed by atoms with Crippen LogP contribution >= 0.6 is 0 Å². The Morgan fingerprint density at radius 3 is 2.21 bits per heavy atom. The van der Waals surface area contributed by atoms with Crippen molar-refractivity contribution in [2.45, 2.75) is 5.41 Å².